The maximum atomic E-state index is 9.69. The lowest BCUT2D eigenvalue weighted by Crippen LogP contribution is -2.28. The Balaban J connectivity index is 2.19. The van der Waals surface area contributed by atoms with Crippen molar-refractivity contribution in [3.63, 3.8) is 0 Å². The van der Waals surface area contributed by atoms with Gasteiger partial charge in [-0.1, -0.05) is 32.9 Å². The van der Waals surface area contributed by atoms with E-state index in [1.807, 2.05) is 24.3 Å². The van der Waals surface area contributed by atoms with Crippen LogP contribution in [-0.4, -0.2) is 12.1 Å². The predicted molar refractivity (Wildman–Crippen MR) is 100 cm³/mol. The summed E-state index contributed by atoms with van der Waals surface area (Å²) in [7, 11) is 1.65. The number of ether oxygens (including phenoxy) is 1. The number of anilines is 1. The zero-order valence-corrected chi connectivity index (χ0v) is 15.4. The summed E-state index contributed by atoms with van der Waals surface area (Å²) in [4.78, 5) is 4.55. The van der Waals surface area contributed by atoms with Gasteiger partial charge in [-0.25, -0.2) is 4.98 Å². The molecule has 0 amide bonds. The Morgan fingerprint density at radius 2 is 1.92 bits per heavy atom. The first-order valence-corrected chi connectivity index (χ1v) is 8.71. The second-order valence-electron chi connectivity index (χ2n) is 7.82. The molecule has 1 atom stereocenters. The number of hydrogen-bond acceptors (Lipinski definition) is 4. The second-order valence-corrected chi connectivity index (χ2v) is 7.82. The van der Waals surface area contributed by atoms with Gasteiger partial charge in [0.15, 0.2) is 0 Å². The highest BCUT2D eigenvalue weighted by Gasteiger charge is 2.32. The Morgan fingerprint density at radius 1 is 1.24 bits per heavy atom. The molecule has 1 aromatic heterocycles. The summed E-state index contributed by atoms with van der Waals surface area (Å²) in [6.07, 6.45) is 2.95. The van der Waals surface area contributed by atoms with E-state index < -0.39 is 0 Å². The van der Waals surface area contributed by atoms with Gasteiger partial charge in [0, 0.05) is 11.3 Å². The molecule has 2 N–H and O–H groups in total. The van der Waals surface area contributed by atoms with Crippen molar-refractivity contribution >= 4 is 5.82 Å². The molecular formula is C21H25N3O. The summed E-state index contributed by atoms with van der Waals surface area (Å²) in [5.74, 6) is 1.70. The minimum atomic E-state index is 0.225. The number of rotatable bonds is 2. The first-order valence-electron chi connectivity index (χ1n) is 8.71. The molecule has 0 radical (unpaired) electrons. The van der Waals surface area contributed by atoms with Crippen molar-refractivity contribution in [2.75, 3.05) is 12.8 Å². The Kier molecular flexibility index (Phi) is 4.43. The van der Waals surface area contributed by atoms with E-state index in [4.69, 9.17) is 10.5 Å². The number of nitrogens with zero attached hydrogens (tertiary/aromatic N) is 2. The van der Waals surface area contributed by atoms with E-state index in [2.05, 4.69) is 31.8 Å². The van der Waals surface area contributed by atoms with Gasteiger partial charge in [-0.3, -0.25) is 0 Å². The SMILES string of the molecule is COc1ccc(-c2c(C#N)c(N)nc3c2CC(C(C)(C)C)CC3)cc1. The summed E-state index contributed by atoms with van der Waals surface area (Å²) >= 11 is 0. The molecule has 1 aliphatic carbocycles. The number of nitrogens with two attached hydrogens (primary N) is 1. The Morgan fingerprint density at radius 3 is 2.48 bits per heavy atom. The topological polar surface area (TPSA) is 71.9 Å². The van der Waals surface area contributed by atoms with Gasteiger partial charge in [0.1, 0.15) is 23.2 Å². The summed E-state index contributed by atoms with van der Waals surface area (Å²) in [6.45, 7) is 6.85. The third-order valence-electron chi connectivity index (χ3n) is 5.31. The predicted octanol–water partition coefficient (Wildman–Crippen LogP) is 4.36. The number of nitriles is 1. The van der Waals surface area contributed by atoms with Crippen LogP contribution in [0.15, 0.2) is 24.3 Å². The first-order chi connectivity index (χ1) is 11.8. The lowest BCUT2D eigenvalue weighted by Gasteiger charge is -2.35. The Labute approximate surface area is 149 Å². The number of pyridine rings is 1. The average molecular weight is 335 g/mol. The molecule has 4 heteroatoms. The molecule has 2 aromatic rings. The van der Waals surface area contributed by atoms with Crippen molar-refractivity contribution in [1.82, 2.24) is 4.98 Å². The van der Waals surface area contributed by atoms with Crippen LogP contribution >= 0.6 is 0 Å². The number of fused-ring (bicyclic) bond motifs is 1. The molecular weight excluding hydrogens is 310 g/mol. The maximum Gasteiger partial charge on any atom is 0.142 e. The van der Waals surface area contributed by atoms with Gasteiger partial charge in [0.2, 0.25) is 0 Å². The van der Waals surface area contributed by atoms with Gasteiger partial charge in [-0.05, 0) is 53.9 Å². The number of nitrogen functional groups attached to an aromatic ring is 1. The second kappa shape index (κ2) is 6.40. The number of aryl methyl sites for hydroxylation is 1. The van der Waals surface area contributed by atoms with Crippen molar-refractivity contribution in [2.24, 2.45) is 11.3 Å². The van der Waals surface area contributed by atoms with E-state index in [9.17, 15) is 5.26 Å². The van der Waals surface area contributed by atoms with E-state index in [1.54, 1.807) is 7.11 Å². The number of benzene rings is 1. The standard InChI is InChI=1S/C21H25N3O/c1-21(2,3)14-7-10-18-16(11-14)19(17(12-22)20(23)24-18)13-5-8-15(25-4)9-6-13/h5-6,8-9,14H,7,10-11H2,1-4H3,(H2,23,24). The van der Waals surface area contributed by atoms with Crippen LogP contribution in [0.3, 0.4) is 0 Å². The van der Waals surface area contributed by atoms with Crippen LogP contribution in [0.1, 0.15) is 44.0 Å². The third-order valence-corrected chi connectivity index (χ3v) is 5.31. The Hall–Kier alpha value is -2.54. The van der Waals surface area contributed by atoms with E-state index in [1.165, 1.54) is 5.56 Å². The number of aromatic nitrogens is 1. The van der Waals surface area contributed by atoms with Crippen LogP contribution in [0.4, 0.5) is 5.82 Å². The van der Waals surface area contributed by atoms with E-state index in [0.29, 0.717) is 17.3 Å². The summed E-state index contributed by atoms with van der Waals surface area (Å²) in [5, 5.41) is 9.69. The lowest BCUT2D eigenvalue weighted by atomic mass is 9.70. The monoisotopic (exact) mass is 335 g/mol. The fourth-order valence-corrected chi connectivity index (χ4v) is 3.71. The Bertz CT molecular complexity index is 826. The minimum Gasteiger partial charge on any atom is -0.497 e. The first kappa shape index (κ1) is 17.3. The zero-order chi connectivity index (χ0) is 18.2. The van der Waals surface area contributed by atoms with Gasteiger partial charge in [0.05, 0.1) is 7.11 Å². The van der Waals surface area contributed by atoms with Crippen molar-refractivity contribution in [1.29, 1.82) is 5.26 Å². The van der Waals surface area contributed by atoms with Gasteiger partial charge in [0.25, 0.3) is 0 Å². The molecule has 1 unspecified atom stereocenters. The fraction of sp³-hybridized carbons (Fsp3) is 0.429. The molecule has 130 valence electrons. The van der Waals surface area contributed by atoms with Gasteiger partial charge in [-0.15, -0.1) is 0 Å². The van der Waals surface area contributed by atoms with E-state index >= 15 is 0 Å². The van der Waals surface area contributed by atoms with Gasteiger partial charge >= 0.3 is 0 Å². The highest BCUT2D eigenvalue weighted by atomic mass is 16.5. The summed E-state index contributed by atoms with van der Waals surface area (Å²) in [6, 6.07) is 10.1. The van der Waals surface area contributed by atoms with Crippen LogP contribution in [0, 0.1) is 22.7 Å². The summed E-state index contributed by atoms with van der Waals surface area (Å²) < 4.78 is 5.26. The molecule has 1 aliphatic rings. The third kappa shape index (κ3) is 3.19. The molecule has 1 heterocycles. The quantitative estimate of drug-likeness (QED) is 0.885. The lowest BCUT2D eigenvalue weighted by molar-refractivity contribution is 0.215. The fourth-order valence-electron chi connectivity index (χ4n) is 3.71. The van der Waals surface area contributed by atoms with Crippen LogP contribution in [0.25, 0.3) is 11.1 Å². The molecule has 0 spiro atoms. The molecule has 25 heavy (non-hydrogen) atoms. The van der Waals surface area contributed by atoms with Crippen molar-refractivity contribution in [3.05, 3.63) is 41.1 Å². The van der Waals surface area contributed by atoms with Crippen LogP contribution in [0.2, 0.25) is 0 Å². The van der Waals surface area contributed by atoms with Crippen LogP contribution in [-0.2, 0) is 12.8 Å². The molecule has 4 nitrogen and oxygen atoms in total. The molecule has 3 rings (SSSR count). The normalized spacial score (nSPS) is 16.8. The zero-order valence-electron chi connectivity index (χ0n) is 15.4. The highest BCUT2D eigenvalue weighted by Crippen LogP contribution is 2.42. The summed E-state index contributed by atoms with van der Waals surface area (Å²) in [5.41, 5.74) is 11.0. The molecule has 1 aromatic carbocycles. The van der Waals surface area contributed by atoms with Crippen LogP contribution < -0.4 is 10.5 Å². The molecule has 0 fully saturated rings. The molecule has 0 saturated heterocycles. The smallest absolute Gasteiger partial charge is 0.142 e. The molecule has 0 aliphatic heterocycles. The van der Waals surface area contributed by atoms with E-state index in [-0.39, 0.29) is 5.41 Å². The van der Waals surface area contributed by atoms with Crippen LogP contribution in [0.5, 0.6) is 5.75 Å². The highest BCUT2D eigenvalue weighted by molar-refractivity contribution is 5.79. The average Bonchev–Trinajstić information content (AvgIpc) is 2.59. The van der Waals surface area contributed by atoms with Crippen molar-refractivity contribution in [2.45, 2.75) is 40.0 Å². The number of methoxy groups -OCH3 is 1. The number of hydrogen-bond donors (Lipinski definition) is 1. The van der Waals surface area contributed by atoms with Gasteiger partial charge < -0.3 is 10.5 Å². The van der Waals surface area contributed by atoms with Gasteiger partial charge in [-0.2, -0.15) is 5.26 Å². The minimum absolute atomic E-state index is 0.225. The maximum absolute atomic E-state index is 9.69. The van der Waals surface area contributed by atoms with Crippen molar-refractivity contribution < 1.29 is 4.74 Å². The van der Waals surface area contributed by atoms with E-state index in [0.717, 1.165) is 41.8 Å². The molecule has 0 bridgehead atoms. The van der Waals surface area contributed by atoms with Crippen molar-refractivity contribution in [3.8, 4) is 22.9 Å². The largest absolute Gasteiger partial charge is 0.497 e. The molecule has 0 saturated carbocycles.